The van der Waals surface area contributed by atoms with Crippen LogP contribution >= 0.6 is 23.4 Å². The second-order valence-corrected chi connectivity index (χ2v) is 5.66. The van der Waals surface area contributed by atoms with Gasteiger partial charge in [-0.05, 0) is 48.5 Å². The van der Waals surface area contributed by atoms with Gasteiger partial charge in [0.2, 0.25) is 0 Å². The Morgan fingerprint density at radius 2 is 2.05 bits per heavy atom. The Hall–Kier alpha value is -1.03. The first-order valence-electron chi connectivity index (χ1n) is 5.99. The van der Waals surface area contributed by atoms with Crippen molar-refractivity contribution in [3.63, 3.8) is 0 Å². The molecule has 0 fully saturated rings. The van der Waals surface area contributed by atoms with E-state index in [-0.39, 0.29) is 5.82 Å². The molecule has 0 saturated carbocycles. The van der Waals surface area contributed by atoms with Crippen molar-refractivity contribution in [2.75, 3.05) is 7.05 Å². The van der Waals surface area contributed by atoms with Gasteiger partial charge < -0.3 is 5.32 Å². The average Bonchev–Trinajstić information content (AvgIpc) is 2.41. The number of nitrogens with one attached hydrogen (secondary N) is 1. The first-order chi connectivity index (χ1) is 9.19. The van der Waals surface area contributed by atoms with Crippen LogP contribution in [-0.4, -0.2) is 7.05 Å². The maximum atomic E-state index is 13.2. The summed E-state index contributed by atoms with van der Waals surface area (Å²) in [6.45, 7) is 0.842. The highest BCUT2D eigenvalue weighted by Crippen LogP contribution is 2.27. The smallest absolute Gasteiger partial charge is 0.123 e. The quantitative estimate of drug-likeness (QED) is 0.816. The van der Waals surface area contributed by atoms with E-state index in [0.29, 0.717) is 10.8 Å². The van der Waals surface area contributed by atoms with Crippen molar-refractivity contribution in [3.8, 4) is 0 Å². The molecule has 100 valence electrons. The van der Waals surface area contributed by atoms with E-state index in [1.165, 1.54) is 17.7 Å². The molecule has 0 aliphatic rings. The van der Waals surface area contributed by atoms with E-state index in [0.717, 1.165) is 17.0 Å². The summed E-state index contributed by atoms with van der Waals surface area (Å²) in [5.74, 6) is 0.420. The molecule has 0 atom stereocenters. The Balaban J connectivity index is 2.05. The highest BCUT2D eigenvalue weighted by atomic mass is 35.5. The lowest BCUT2D eigenvalue weighted by molar-refractivity contribution is 0.626. The predicted molar refractivity (Wildman–Crippen MR) is 80.2 cm³/mol. The number of halogens is 2. The van der Waals surface area contributed by atoms with Crippen molar-refractivity contribution < 1.29 is 4.39 Å². The lowest BCUT2D eigenvalue weighted by Gasteiger charge is -2.06. The zero-order valence-corrected chi connectivity index (χ0v) is 12.2. The topological polar surface area (TPSA) is 12.0 Å². The molecule has 0 aromatic heterocycles. The third-order valence-electron chi connectivity index (χ3n) is 2.68. The second kappa shape index (κ2) is 6.94. The van der Waals surface area contributed by atoms with Crippen molar-refractivity contribution >= 4 is 23.4 Å². The average molecular weight is 296 g/mol. The standard InChI is InChI=1S/C15H15ClFNS/c1-18-9-11-3-2-4-14(7-11)19-10-12-8-13(17)5-6-15(12)16/h2-8,18H,9-10H2,1H3. The molecular formula is C15H15ClFNS. The van der Waals surface area contributed by atoms with Crippen LogP contribution in [0.25, 0.3) is 0 Å². The van der Waals surface area contributed by atoms with E-state index in [4.69, 9.17) is 11.6 Å². The molecule has 0 heterocycles. The summed E-state index contributed by atoms with van der Waals surface area (Å²) in [5.41, 5.74) is 2.06. The van der Waals surface area contributed by atoms with Gasteiger partial charge in [-0.1, -0.05) is 23.7 Å². The molecule has 1 N–H and O–H groups in total. The van der Waals surface area contributed by atoms with Gasteiger partial charge in [0, 0.05) is 22.2 Å². The number of rotatable bonds is 5. The second-order valence-electron chi connectivity index (χ2n) is 4.20. The Morgan fingerprint density at radius 1 is 1.21 bits per heavy atom. The summed E-state index contributed by atoms with van der Waals surface area (Å²) in [6.07, 6.45) is 0. The van der Waals surface area contributed by atoms with Crippen molar-refractivity contribution in [2.24, 2.45) is 0 Å². The number of hydrogen-bond donors (Lipinski definition) is 1. The monoisotopic (exact) mass is 295 g/mol. The van der Waals surface area contributed by atoms with Gasteiger partial charge in [0.05, 0.1) is 0 Å². The molecule has 2 aromatic carbocycles. The van der Waals surface area contributed by atoms with Gasteiger partial charge in [0.15, 0.2) is 0 Å². The van der Waals surface area contributed by atoms with E-state index < -0.39 is 0 Å². The Morgan fingerprint density at radius 3 is 2.84 bits per heavy atom. The SMILES string of the molecule is CNCc1cccc(SCc2cc(F)ccc2Cl)c1. The van der Waals surface area contributed by atoms with Crippen LogP contribution in [0.4, 0.5) is 4.39 Å². The molecule has 0 aliphatic heterocycles. The molecule has 0 amide bonds. The molecule has 0 bridgehead atoms. The number of thioether (sulfide) groups is 1. The third kappa shape index (κ3) is 4.23. The van der Waals surface area contributed by atoms with Crippen LogP contribution in [0.3, 0.4) is 0 Å². The Kier molecular flexibility index (Phi) is 5.25. The zero-order chi connectivity index (χ0) is 13.7. The molecule has 2 rings (SSSR count). The van der Waals surface area contributed by atoms with E-state index in [2.05, 4.69) is 23.5 Å². The molecule has 0 radical (unpaired) electrons. The third-order valence-corrected chi connectivity index (χ3v) is 4.09. The molecule has 19 heavy (non-hydrogen) atoms. The molecule has 2 aromatic rings. The highest BCUT2D eigenvalue weighted by Gasteiger charge is 2.04. The molecule has 0 saturated heterocycles. The zero-order valence-electron chi connectivity index (χ0n) is 10.6. The van der Waals surface area contributed by atoms with Crippen LogP contribution < -0.4 is 5.32 Å². The summed E-state index contributed by atoms with van der Waals surface area (Å²) in [5, 5.41) is 3.73. The summed E-state index contributed by atoms with van der Waals surface area (Å²) in [6, 6.07) is 12.8. The Bertz CT molecular complexity index is 560. The molecule has 0 unspecified atom stereocenters. The number of hydrogen-bond acceptors (Lipinski definition) is 2. The van der Waals surface area contributed by atoms with Crippen LogP contribution in [0.15, 0.2) is 47.4 Å². The normalized spacial score (nSPS) is 10.7. The largest absolute Gasteiger partial charge is 0.316 e. The summed E-state index contributed by atoms with van der Waals surface area (Å²) < 4.78 is 13.2. The molecular weight excluding hydrogens is 281 g/mol. The van der Waals surface area contributed by atoms with Crippen LogP contribution in [0.1, 0.15) is 11.1 Å². The molecule has 0 aliphatic carbocycles. The van der Waals surface area contributed by atoms with E-state index in [1.54, 1.807) is 17.8 Å². The fourth-order valence-corrected chi connectivity index (χ4v) is 3.00. The lowest BCUT2D eigenvalue weighted by atomic mass is 10.2. The van der Waals surface area contributed by atoms with Crippen molar-refractivity contribution in [3.05, 3.63) is 64.4 Å². The number of benzene rings is 2. The van der Waals surface area contributed by atoms with E-state index >= 15 is 0 Å². The molecule has 4 heteroatoms. The fourth-order valence-electron chi connectivity index (χ4n) is 1.76. The predicted octanol–water partition coefficient (Wildman–Crippen LogP) is 4.49. The minimum absolute atomic E-state index is 0.246. The van der Waals surface area contributed by atoms with Crippen LogP contribution in [0.2, 0.25) is 5.02 Å². The lowest BCUT2D eigenvalue weighted by Crippen LogP contribution is -2.04. The van der Waals surface area contributed by atoms with Gasteiger partial charge in [-0.3, -0.25) is 0 Å². The van der Waals surface area contributed by atoms with Gasteiger partial charge in [0.25, 0.3) is 0 Å². The first kappa shape index (κ1) is 14.4. The van der Waals surface area contributed by atoms with E-state index in [9.17, 15) is 4.39 Å². The summed E-state index contributed by atoms with van der Waals surface area (Å²) >= 11 is 7.71. The summed E-state index contributed by atoms with van der Waals surface area (Å²) in [7, 11) is 1.92. The van der Waals surface area contributed by atoms with Crippen LogP contribution in [0.5, 0.6) is 0 Å². The van der Waals surface area contributed by atoms with Gasteiger partial charge in [0.1, 0.15) is 5.82 Å². The van der Waals surface area contributed by atoms with Gasteiger partial charge in [-0.25, -0.2) is 4.39 Å². The van der Waals surface area contributed by atoms with Crippen LogP contribution in [-0.2, 0) is 12.3 Å². The summed E-state index contributed by atoms with van der Waals surface area (Å²) in [4.78, 5) is 1.16. The van der Waals surface area contributed by atoms with Crippen molar-refractivity contribution in [1.82, 2.24) is 5.32 Å². The van der Waals surface area contributed by atoms with E-state index in [1.807, 2.05) is 13.1 Å². The van der Waals surface area contributed by atoms with Gasteiger partial charge >= 0.3 is 0 Å². The maximum Gasteiger partial charge on any atom is 0.123 e. The highest BCUT2D eigenvalue weighted by molar-refractivity contribution is 7.98. The molecule has 0 spiro atoms. The van der Waals surface area contributed by atoms with Crippen molar-refractivity contribution in [1.29, 1.82) is 0 Å². The van der Waals surface area contributed by atoms with Crippen molar-refractivity contribution in [2.45, 2.75) is 17.2 Å². The fraction of sp³-hybridized carbons (Fsp3) is 0.200. The first-order valence-corrected chi connectivity index (χ1v) is 7.35. The van der Waals surface area contributed by atoms with Crippen LogP contribution in [0, 0.1) is 5.82 Å². The van der Waals surface area contributed by atoms with Gasteiger partial charge in [-0.15, -0.1) is 11.8 Å². The minimum Gasteiger partial charge on any atom is -0.316 e. The molecule has 1 nitrogen and oxygen atoms in total. The maximum absolute atomic E-state index is 13.2. The minimum atomic E-state index is -0.246. The Labute approximate surface area is 122 Å². The van der Waals surface area contributed by atoms with Gasteiger partial charge in [-0.2, -0.15) is 0 Å².